The maximum absolute atomic E-state index is 10.6. The smallest absolute Gasteiger partial charge is 0.434 e. The number of nitro groups is 1. The van der Waals surface area contributed by atoms with E-state index >= 15 is 0 Å². The first-order valence-corrected chi connectivity index (χ1v) is 5.78. The van der Waals surface area contributed by atoms with Crippen LogP contribution in [0.15, 0.2) is 35.6 Å². The van der Waals surface area contributed by atoms with Gasteiger partial charge in [0.2, 0.25) is 0 Å². The summed E-state index contributed by atoms with van der Waals surface area (Å²) in [6, 6.07) is 6.72. The molecule has 1 heterocycles. The van der Waals surface area contributed by atoms with Crippen LogP contribution in [0.4, 0.5) is 5.95 Å². The average Bonchev–Trinajstić information content (AvgIpc) is 2.78. The summed E-state index contributed by atoms with van der Waals surface area (Å²) in [7, 11) is 1.55. The molecule has 0 atom stereocenters. The summed E-state index contributed by atoms with van der Waals surface area (Å²) < 4.78 is 1.34. The molecule has 0 aliphatic rings. The second-order valence-corrected chi connectivity index (χ2v) is 4.06. The first-order valence-electron chi connectivity index (χ1n) is 5.78. The van der Waals surface area contributed by atoms with Gasteiger partial charge in [-0.05, 0) is 22.6 Å². The van der Waals surface area contributed by atoms with E-state index in [0.717, 1.165) is 5.56 Å². The summed E-state index contributed by atoms with van der Waals surface area (Å²) in [6.07, 6.45) is 2.84. The monoisotopic (exact) mass is 275 g/mol. The lowest BCUT2D eigenvalue weighted by atomic mass is 10.2. The van der Waals surface area contributed by atoms with Crippen molar-refractivity contribution in [2.24, 2.45) is 12.1 Å². The largest absolute Gasteiger partial charge is 0.508 e. The number of nitrogens with zero attached hydrogens (tertiary/aromatic N) is 4. The molecule has 2 aromatic rings. The van der Waals surface area contributed by atoms with E-state index in [2.05, 4.69) is 15.5 Å². The van der Waals surface area contributed by atoms with E-state index in [1.807, 2.05) is 0 Å². The summed E-state index contributed by atoms with van der Waals surface area (Å²) in [6.45, 7) is 0.483. The Morgan fingerprint density at radius 1 is 1.50 bits per heavy atom. The molecule has 104 valence electrons. The summed E-state index contributed by atoms with van der Waals surface area (Å²) in [4.78, 5) is 13.7. The Kier molecular flexibility index (Phi) is 3.94. The van der Waals surface area contributed by atoms with Gasteiger partial charge in [0.05, 0.1) is 19.8 Å². The van der Waals surface area contributed by atoms with E-state index in [1.165, 1.54) is 17.0 Å². The standard InChI is InChI=1S/C12H13N5O3/c1-16-10(7-13-12(16)17(19)20)8-15-14-6-9-2-4-11(18)5-3-9/h2-5,7-8,14,18H,6H2,1H3. The van der Waals surface area contributed by atoms with Crippen molar-refractivity contribution < 1.29 is 10.0 Å². The van der Waals surface area contributed by atoms with Crippen molar-refractivity contribution >= 4 is 12.2 Å². The molecule has 0 saturated heterocycles. The van der Waals surface area contributed by atoms with Gasteiger partial charge in [-0.25, -0.2) is 4.57 Å². The molecule has 0 aliphatic heterocycles. The molecule has 20 heavy (non-hydrogen) atoms. The minimum absolute atomic E-state index is 0.208. The van der Waals surface area contributed by atoms with Gasteiger partial charge >= 0.3 is 5.95 Å². The van der Waals surface area contributed by atoms with Crippen LogP contribution in [0.2, 0.25) is 0 Å². The van der Waals surface area contributed by atoms with Crippen molar-refractivity contribution in [3.63, 3.8) is 0 Å². The number of hydrogen-bond donors (Lipinski definition) is 2. The fourth-order valence-corrected chi connectivity index (χ4v) is 1.56. The molecule has 0 amide bonds. The zero-order valence-corrected chi connectivity index (χ0v) is 10.7. The fourth-order valence-electron chi connectivity index (χ4n) is 1.56. The van der Waals surface area contributed by atoms with E-state index in [1.54, 1.807) is 31.3 Å². The highest BCUT2D eigenvalue weighted by Crippen LogP contribution is 2.10. The number of aromatic hydroxyl groups is 1. The Bertz CT molecular complexity index is 633. The van der Waals surface area contributed by atoms with E-state index in [-0.39, 0.29) is 11.7 Å². The van der Waals surface area contributed by atoms with Crippen LogP contribution in [0.25, 0.3) is 0 Å². The Labute approximate surface area is 114 Å². The number of hydrogen-bond acceptors (Lipinski definition) is 6. The topological polar surface area (TPSA) is 106 Å². The van der Waals surface area contributed by atoms with Crippen LogP contribution < -0.4 is 5.43 Å². The Morgan fingerprint density at radius 3 is 2.80 bits per heavy atom. The first kappa shape index (κ1) is 13.5. The minimum Gasteiger partial charge on any atom is -0.508 e. The third-order valence-corrected chi connectivity index (χ3v) is 2.67. The summed E-state index contributed by atoms with van der Waals surface area (Å²) in [5, 5.41) is 23.7. The zero-order chi connectivity index (χ0) is 14.5. The summed E-state index contributed by atoms with van der Waals surface area (Å²) in [5.74, 6) is -0.0237. The van der Waals surface area contributed by atoms with Crippen molar-refractivity contribution in [2.75, 3.05) is 0 Å². The van der Waals surface area contributed by atoms with Gasteiger partial charge in [0.15, 0.2) is 5.69 Å². The SMILES string of the molecule is Cn1c(C=NNCc2ccc(O)cc2)cnc1[N+](=O)[O-]. The van der Waals surface area contributed by atoms with Crippen molar-refractivity contribution in [1.29, 1.82) is 0 Å². The number of nitrogens with one attached hydrogen (secondary N) is 1. The number of phenols is 1. The first-order chi connectivity index (χ1) is 9.58. The normalized spacial score (nSPS) is 10.8. The zero-order valence-electron chi connectivity index (χ0n) is 10.7. The quantitative estimate of drug-likeness (QED) is 0.484. The molecular formula is C12H13N5O3. The molecule has 0 unspecified atom stereocenters. The molecule has 0 bridgehead atoms. The maximum atomic E-state index is 10.6. The molecule has 8 heteroatoms. The van der Waals surface area contributed by atoms with Crippen molar-refractivity contribution in [2.45, 2.75) is 6.54 Å². The number of hydrazone groups is 1. The van der Waals surface area contributed by atoms with E-state index in [4.69, 9.17) is 5.11 Å². The van der Waals surface area contributed by atoms with Gasteiger partial charge in [-0.3, -0.25) is 0 Å². The molecule has 0 saturated carbocycles. The molecule has 8 nitrogen and oxygen atoms in total. The van der Waals surface area contributed by atoms with Gasteiger partial charge in [-0.2, -0.15) is 5.10 Å². The summed E-state index contributed by atoms with van der Waals surface area (Å²) >= 11 is 0. The molecule has 0 fully saturated rings. The maximum Gasteiger partial charge on any atom is 0.434 e. The number of imidazole rings is 1. The molecule has 0 spiro atoms. The van der Waals surface area contributed by atoms with Crippen molar-refractivity contribution in [3.8, 4) is 5.75 Å². The molecule has 1 aromatic heterocycles. The van der Waals surface area contributed by atoms with Crippen LogP contribution >= 0.6 is 0 Å². The Balaban J connectivity index is 1.94. The second-order valence-electron chi connectivity index (χ2n) is 4.06. The number of benzene rings is 1. The van der Waals surface area contributed by atoms with Crippen LogP contribution in [0.5, 0.6) is 5.75 Å². The van der Waals surface area contributed by atoms with Crippen LogP contribution in [-0.4, -0.2) is 25.8 Å². The number of phenolic OH excluding ortho intramolecular Hbond substituents is 1. The lowest BCUT2D eigenvalue weighted by molar-refractivity contribution is -0.396. The molecule has 0 radical (unpaired) electrons. The number of aromatic nitrogens is 2. The molecule has 0 aliphatic carbocycles. The van der Waals surface area contributed by atoms with Crippen molar-refractivity contribution in [1.82, 2.24) is 15.0 Å². The van der Waals surface area contributed by atoms with E-state index in [0.29, 0.717) is 12.2 Å². The van der Waals surface area contributed by atoms with Gasteiger partial charge < -0.3 is 20.6 Å². The fraction of sp³-hybridized carbons (Fsp3) is 0.167. The highest BCUT2D eigenvalue weighted by atomic mass is 16.6. The molecule has 1 aromatic carbocycles. The van der Waals surface area contributed by atoms with Crippen LogP contribution in [0, 0.1) is 10.1 Å². The van der Waals surface area contributed by atoms with Gasteiger partial charge in [-0.15, -0.1) is 0 Å². The van der Waals surface area contributed by atoms with Gasteiger partial charge in [0.1, 0.15) is 11.9 Å². The van der Waals surface area contributed by atoms with Crippen LogP contribution in [-0.2, 0) is 13.6 Å². The lowest BCUT2D eigenvalue weighted by Gasteiger charge is -2.00. The van der Waals surface area contributed by atoms with Crippen molar-refractivity contribution in [3.05, 3.63) is 51.8 Å². The lowest BCUT2D eigenvalue weighted by Crippen LogP contribution is -2.07. The van der Waals surface area contributed by atoms with Gasteiger partial charge in [0.25, 0.3) is 0 Å². The van der Waals surface area contributed by atoms with E-state index < -0.39 is 4.92 Å². The second kappa shape index (κ2) is 5.83. The van der Waals surface area contributed by atoms with Gasteiger partial charge in [-0.1, -0.05) is 17.1 Å². The minimum atomic E-state index is -0.554. The Morgan fingerprint density at radius 2 is 2.20 bits per heavy atom. The molecule has 2 N–H and O–H groups in total. The predicted molar refractivity (Wildman–Crippen MR) is 72.4 cm³/mol. The van der Waals surface area contributed by atoms with Crippen LogP contribution in [0.3, 0.4) is 0 Å². The average molecular weight is 275 g/mol. The highest BCUT2D eigenvalue weighted by Gasteiger charge is 2.15. The molecular weight excluding hydrogens is 262 g/mol. The summed E-state index contributed by atoms with van der Waals surface area (Å²) in [5.41, 5.74) is 4.29. The highest BCUT2D eigenvalue weighted by molar-refractivity contribution is 5.77. The third kappa shape index (κ3) is 3.10. The van der Waals surface area contributed by atoms with Crippen LogP contribution in [0.1, 0.15) is 11.3 Å². The Hall–Kier alpha value is -2.90. The van der Waals surface area contributed by atoms with E-state index in [9.17, 15) is 10.1 Å². The van der Waals surface area contributed by atoms with Gasteiger partial charge in [0, 0.05) is 0 Å². The predicted octanol–water partition coefficient (Wildman–Crippen LogP) is 1.16. The number of rotatable bonds is 5. The molecule has 2 rings (SSSR count). The third-order valence-electron chi connectivity index (χ3n) is 2.67.